The van der Waals surface area contributed by atoms with Crippen molar-refractivity contribution in [3.63, 3.8) is 0 Å². The van der Waals surface area contributed by atoms with Gasteiger partial charge in [-0.2, -0.15) is 0 Å². The Kier molecular flexibility index (Phi) is 10.6. The van der Waals surface area contributed by atoms with Gasteiger partial charge in [-0.15, -0.1) is 11.3 Å². The van der Waals surface area contributed by atoms with Crippen molar-refractivity contribution in [3.8, 4) is 11.3 Å². The molecule has 1 aliphatic rings. The third kappa shape index (κ3) is 7.15. The molecule has 3 heterocycles. The van der Waals surface area contributed by atoms with Crippen LogP contribution in [0.2, 0.25) is 0 Å². The van der Waals surface area contributed by atoms with Crippen molar-refractivity contribution >= 4 is 35.3 Å². The molecular formula is C26H34N4O2S. The molecule has 176 valence electrons. The van der Waals surface area contributed by atoms with Crippen molar-refractivity contribution in [1.29, 1.82) is 0 Å². The van der Waals surface area contributed by atoms with Gasteiger partial charge in [0.1, 0.15) is 5.01 Å². The normalized spacial score (nSPS) is 14.2. The number of thiazole rings is 1. The summed E-state index contributed by atoms with van der Waals surface area (Å²) in [6, 6.07) is 0. The SMILES string of the molecule is C=C/C=C\c1c(-c2csc(/C(C)=C/C(=C\NC=O)C(=O)N3CCCC3)n2)c[nH]c1C.CCC. The maximum Gasteiger partial charge on any atom is 0.255 e. The number of allylic oxidation sites excluding steroid dienone is 3. The molecule has 0 spiro atoms. The van der Waals surface area contributed by atoms with Crippen molar-refractivity contribution in [1.82, 2.24) is 20.2 Å². The molecule has 6 nitrogen and oxygen atoms in total. The molecule has 0 aliphatic carbocycles. The number of carbonyl (C=O) groups is 2. The van der Waals surface area contributed by atoms with Crippen molar-refractivity contribution in [2.24, 2.45) is 0 Å². The molecule has 0 radical (unpaired) electrons. The van der Waals surface area contributed by atoms with E-state index in [1.807, 2.05) is 42.5 Å². The summed E-state index contributed by atoms with van der Waals surface area (Å²) >= 11 is 1.52. The van der Waals surface area contributed by atoms with Gasteiger partial charge >= 0.3 is 0 Å². The van der Waals surface area contributed by atoms with E-state index in [4.69, 9.17) is 4.98 Å². The van der Waals surface area contributed by atoms with Gasteiger partial charge in [0.15, 0.2) is 0 Å². The van der Waals surface area contributed by atoms with E-state index in [1.165, 1.54) is 24.0 Å². The van der Waals surface area contributed by atoms with Crippen LogP contribution in [0.1, 0.15) is 56.3 Å². The second-order valence-electron chi connectivity index (χ2n) is 7.79. The Morgan fingerprint density at radius 3 is 2.67 bits per heavy atom. The highest BCUT2D eigenvalue weighted by atomic mass is 32.1. The molecule has 0 atom stereocenters. The summed E-state index contributed by atoms with van der Waals surface area (Å²) in [5.74, 6) is -0.0731. The maximum atomic E-state index is 12.8. The molecule has 2 N–H and O–H groups in total. The van der Waals surface area contributed by atoms with Gasteiger partial charge in [-0.3, -0.25) is 9.59 Å². The number of rotatable bonds is 8. The number of nitrogens with zero attached hydrogens (tertiary/aromatic N) is 2. The molecule has 1 aliphatic heterocycles. The average molecular weight is 467 g/mol. The predicted molar refractivity (Wildman–Crippen MR) is 139 cm³/mol. The lowest BCUT2D eigenvalue weighted by Crippen LogP contribution is -2.29. The number of hydrogen-bond donors (Lipinski definition) is 2. The van der Waals surface area contributed by atoms with Crippen LogP contribution in [-0.2, 0) is 9.59 Å². The predicted octanol–water partition coefficient (Wildman–Crippen LogP) is 5.72. The quantitative estimate of drug-likeness (QED) is 0.297. The molecule has 1 fully saturated rings. The van der Waals surface area contributed by atoms with E-state index in [1.54, 1.807) is 12.2 Å². The van der Waals surface area contributed by atoms with Gasteiger partial charge in [-0.25, -0.2) is 4.98 Å². The number of likely N-dealkylation sites (tertiary alicyclic amines) is 1. The highest BCUT2D eigenvalue weighted by molar-refractivity contribution is 7.11. The fourth-order valence-corrected chi connectivity index (χ4v) is 4.19. The molecule has 2 aromatic rings. The zero-order valence-corrected chi connectivity index (χ0v) is 20.8. The second kappa shape index (κ2) is 13.4. The van der Waals surface area contributed by atoms with E-state index in [-0.39, 0.29) is 5.91 Å². The van der Waals surface area contributed by atoms with E-state index in [0.717, 1.165) is 59.0 Å². The van der Waals surface area contributed by atoms with Crippen molar-refractivity contribution in [2.75, 3.05) is 13.1 Å². The van der Waals surface area contributed by atoms with Crippen molar-refractivity contribution in [2.45, 2.75) is 47.0 Å². The van der Waals surface area contributed by atoms with Gasteiger partial charge in [0.05, 0.1) is 11.3 Å². The number of nitrogens with one attached hydrogen (secondary N) is 2. The minimum absolute atomic E-state index is 0.0731. The highest BCUT2D eigenvalue weighted by Gasteiger charge is 2.21. The molecule has 2 aromatic heterocycles. The fraction of sp³-hybridized carbons (Fsp3) is 0.346. The summed E-state index contributed by atoms with van der Waals surface area (Å²) in [5.41, 5.74) is 5.35. The van der Waals surface area contributed by atoms with Crippen LogP contribution in [0.5, 0.6) is 0 Å². The summed E-state index contributed by atoms with van der Waals surface area (Å²) in [5, 5.41) is 5.34. The van der Waals surface area contributed by atoms with E-state index < -0.39 is 0 Å². The molecule has 2 amide bonds. The summed E-state index contributed by atoms with van der Waals surface area (Å²) in [6.45, 7) is 13.4. The Balaban J connectivity index is 0.00000122. The zero-order valence-electron chi connectivity index (χ0n) is 20.0. The molecule has 7 heteroatoms. The lowest BCUT2D eigenvalue weighted by atomic mass is 10.1. The van der Waals surface area contributed by atoms with Gasteiger partial charge in [-0.1, -0.05) is 45.1 Å². The number of aryl methyl sites for hydroxylation is 1. The molecule has 0 unspecified atom stereocenters. The van der Waals surface area contributed by atoms with Crippen molar-refractivity contribution < 1.29 is 9.59 Å². The van der Waals surface area contributed by atoms with Crippen LogP contribution >= 0.6 is 11.3 Å². The Labute approximate surface area is 200 Å². The number of carbonyl (C=O) groups excluding carboxylic acids is 2. The summed E-state index contributed by atoms with van der Waals surface area (Å²) in [7, 11) is 0. The first kappa shape index (κ1) is 26.1. The largest absolute Gasteiger partial charge is 0.364 e. The lowest BCUT2D eigenvalue weighted by Gasteiger charge is -2.16. The number of hydrogen-bond acceptors (Lipinski definition) is 4. The number of amides is 2. The Morgan fingerprint density at radius 1 is 1.33 bits per heavy atom. The zero-order chi connectivity index (χ0) is 24.2. The molecule has 0 bridgehead atoms. The molecule has 0 saturated carbocycles. The third-order valence-corrected chi connectivity index (χ3v) is 5.94. The minimum Gasteiger partial charge on any atom is -0.364 e. The topological polar surface area (TPSA) is 78.1 Å². The Morgan fingerprint density at radius 2 is 2.03 bits per heavy atom. The summed E-state index contributed by atoms with van der Waals surface area (Å²) in [6.07, 6.45) is 14.7. The number of aromatic nitrogens is 2. The van der Waals surface area contributed by atoms with E-state index in [0.29, 0.717) is 12.0 Å². The minimum atomic E-state index is -0.0731. The Bertz CT molecular complexity index is 1040. The first-order valence-electron chi connectivity index (χ1n) is 11.3. The van der Waals surface area contributed by atoms with Gasteiger partial charge in [0, 0.05) is 47.7 Å². The van der Waals surface area contributed by atoms with Crippen LogP contribution in [0.25, 0.3) is 22.9 Å². The number of aromatic amines is 1. The summed E-state index contributed by atoms with van der Waals surface area (Å²) in [4.78, 5) is 33.4. The van der Waals surface area contributed by atoms with Crippen LogP contribution in [0.4, 0.5) is 0 Å². The van der Waals surface area contributed by atoms with E-state index >= 15 is 0 Å². The smallest absolute Gasteiger partial charge is 0.255 e. The van der Waals surface area contributed by atoms with E-state index in [2.05, 4.69) is 30.7 Å². The third-order valence-electron chi connectivity index (χ3n) is 4.96. The molecule has 33 heavy (non-hydrogen) atoms. The Hall–Kier alpha value is -3.19. The molecule has 1 saturated heterocycles. The van der Waals surface area contributed by atoms with Crippen LogP contribution in [-0.4, -0.2) is 40.3 Å². The lowest BCUT2D eigenvalue weighted by molar-refractivity contribution is -0.125. The maximum absolute atomic E-state index is 12.8. The number of H-pyrrole nitrogens is 1. The van der Waals surface area contributed by atoms with Crippen LogP contribution in [0, 0.1) is 6.92 Å². The summed E-state index contributed by atoms with van der Waals surface area (Å²) < 4.78 is 0. The molecule has 0 aromatic carbocycles. The van der Waals surface area contributed by atoms with Crippen LogP contribution in [0.3, 0.4) is 0 Å². The molecule has 3 rings (SSSR count). The molecular weight excluding hydrogens is 432 g/mol. The van der Waals surface area contributed by atoms with E-state index in [9.17, 15) is 9.59 Å². The highest BCUT2D eigenvalue weighted by Crippen LogP contribution is 2.31. The monoisotopic (exact) mass is 466 g/mol. The fourth-order valence-electron chi connectivity index (χ4n) is 3.39. The van der Waals surface area contributed by atoms with Crippen LogP contribution < -0.4 is 5.32 Å². The van der Waals surface area contributed by atoms with Gasteiger partial charge < -0.3 is 15.2 Å². The first-order valence-corrected chi connectivity index (χ1v) is 12.1. The van der Waals surface area contributed by atoms with Gasteiger partial charge in [-0.05, 0) is 38.3 Å². The standard InChI is InChI=1S/C23H26N4O2S.C3H8/c1-4-5-8-19-17(3)25-13-20(19)21-14-30-22(26-21)16(2)11-18(12-24-15-28)23(29)27-9-6-7-10-27;1-3-2/h4-5,8,11-15,25H,1,6-7,9-10H2,2-3H3,(H,24,28);3H2,1-2H3/b8-5-,16-11+,18-12+;. The second-order valence-corrected chi connectivity index (χ2v) is 8.65. The van der Waals surface area contributed by atoms with Crippen molar-refractivity contribution in [3.05, 3.63) is 64.4 Å². The average Bonchev–Trinajstić information content (AvgIpc) is 3.56. The van der Waals surface area contributed by atoms with Gasteiger partial charge in [0.2, 0.25) is 6.41 Å². The van der Waals surface area contributed by atoms with Crippen LogP contribution in [0.15, 0.2) is 48.2 Å². The first-order chi connectivity index (χ1) is 16.0. The van der Waals surface area contributed by atoms with Gasteiger partial charge in [0.25, 0.3) is 5.91 Å².